The van der Waals surface area contributed by atoms with Crippen molar-refractivity contribution in [2.75, 3.05) is 6.54 Å². The van der Waals surface area contributed by atoms with Gasteiger partial charge >= 0.3 is 0 Å². The first-order valence-electron chi connectivity index (χ1n) is 5.66. The molecule has 1 unspecified atom stereocenters. The van der Waals surface area contributed by atoms with Gasteiger partial charge in [0.1, 0.15) is 5.38 Å². The zero-order valence-electron chi connectivity index (χ0n) is 9.66. The molecular weight excluding hydrogens is 234 g/mol. The third-order valence-corrected chi connectivity index (χ3v) is 2.82. The van der Waals surface area contributed by atoms with E-state index in [1.165, 1.54) is 0 Å². The van der Waals surface area contributed by atoms with Gasteiger partial charge in [0.2, 0.25) is 5.91 Å². The minimum absolute atomic E-state index is 0.154. The summed E-state index contributed by atoms with van der Waals surface area (Å²) in [5.74, 6) is 2.41. The van der Waals surface area contributed by atoms with E-state index in [1.807, 2.05) is 30.3 Å². The maximum absolute atomic E-state index is 11.7. The van der Waals surface area contributed by atoms with Gasteiger partial charge in [0.25, 0.3) is 0 Å². The van der Waals surface area contributed by atoms with Crippen LogP contribution >= 0.6 is 11.6 Å². The molecule has 1 N–H and O–H groups in total. The van der Waals surface area contributed by atoms with Gasteiger partial charge in [-0.05, 0) is 18.4 Å². The lowest BCUT2D eigenvalue weighted by atomic mass is 10.1. The Kier molecular flexibility index (Phi) is 6.21. The monoisotopic (exact) mass is 249 g/mol. The van der Waals surface area contributed by atoms with Crippen molar-refractivity contribution >= 4 is 17.5 Å². The molecule has 0 bridgehead atoms. The molecule has 17 heavy (non-hydrogen) atoms. The minimum Gasteiger partial charge on any atom is -0.355 e. The van der Waals surface area contributed by atoms with Gasteiger partial charge < -0.3 is 5.32 Å². The molecule has 0 saturated carbocycles. The summed E-state index contributed by atoms with van der Waals surface area (Å²) in [6, 6.07) is 9.31. The predicted octanol–water partition coefficient (Wildman–Crippen LogP) is 2.89. The summed E-state index contributed by atoms with van der Waals surface area (Å²) < 4.78 is 0. The maximum Gasteiger partial charge on any atom is 0.242 e. The number of nitrogens with one attached hydrogen (secondary N) is 1. The van der Waals surface area contributed by atoms with E-state index in [2.05, 4.69) is 11.2 Å². The average Bonchev–Trinajstić information content (AvgIpc) is 2.38. The first-order chi connectivity index (χ1) is 8.25. The fourth-order valence-electron chi connectivity index (χ4n) is 1.43. The highest BCUT2D eigenvalue weighted by atomic mass is 35.5. The van der Waals surface area contributed by atoms with Gasteiger partial charge in [0.05, 0.1) is 0 Å². The van der Waals surface area contributed by atoms with E-state index in [-0.39, 0.29) is 5.91 Å². The largest absolute Gasteiger partial charge is 0.355 e. The fourth-order valence-corrected chi connectivity index (χ4v) is 1.65. The normalized spacial score (nSPS) is 11.5. The summed E-state index contributed by atoms with van der Waals surface area (Å²) in [7, 11) is 0. The average molecular weight is 250 g/mol. The molecule has 0 aliphatic rings. The Morgan fingerprint density at radius 3 is 2.71 bits per heavy atom. The Hall–Kier alpha value is -1.46. The molecular formula is C14H16ClNO. The third-order valence-electron chi connectivity index (χ3n) is 2.37. The van der Waals surface area contributed by atoms with Crippen LogP contribution in [0.2, 0.25) is 0 Å². The second kappa shape index (κ2) is 7.76. The van der Waals surface area contributed by atoms with E-state index in [4.69, 9.17) is 18.0 Å². The van der Waals surface area contributed by atoms with Crippen molar-refractivity contribution in [1.29, 1.82) is 0 Å². The van der Waals surface area contributed by atoms with Crippen molar-refractivity contribution in [3.63, 3.8) is 0 Å². The molecule has 0 fully saturated rings. The Bertz CT molecular complexity index is 383. The lowest BCUT2D eigenvalue weighted by molar-refractivity contribution is -0.120. The molecule has 0 heterocycles. The number of hydrogen-bond acceptors (Lipinski definition) is 1. The third kappa shape index (κ3) is 4.93. The number of terminal acetylenes is 1. The number of rotatable bonds is 6. The standard InChI is InChI=1S/C14H16ClNO/c1-2-3-4-8-11-16-14(17)13(15)12-9-6-5-7-10-12/h1,5-7,9-10,13H,3-4,8,11H2,(H,16,17). The van der Waals surface area contributed by atoms with Crippen LogP contribution in [-0.4, -0.2) is 12.5 Å². The smallest absolute Gasteiger partial charge is 0.242 e. The van der Waals surface area contributed by atoms with Crippen molar-refractivity contribution in [2.45, 2.75) is 24.6 Å². The van der Waals surface area contributed by atoms with Crippen LogP contribution in [0.5, 0.6) is 0 Å². The van der Waals surface area contributed by atoms with E-state index in [9.17, 15) is 4.79 Å². The van der Waals surface area contributed by atoms with Crippen molar-refractivity contribution in [3.8, 4) is 12.3 Å². The Balaban J connectivity index is 2.31. The lowest BCUT2D eigenvalue weighted by Crippen LogP contribution is -2.27. The SMILES string of the molecule is C#CCCCCNC(=O)C(Cl)c1ccccc1. The number of unbranched alkanes of at least 4 members (excludes halogenated alkanes) is 2. The number of carbonyl (C=O) groups excluding carboxylic acids is 1. The summed E-state index contributed by atoms with van der Waals surface area (Å²) in [6.45, 7) is 0.622. The number of carbonyl (C=O) groups is 1. The van der Waals surface area contributed by atoms with Gasteiger partial charge in [-0.1, -0.05) is 30.3 Å². The fraction of sp³-hybridized carbons (Fsp3) is 0.357. The van der Waals surface area contributed by atoms with Crippen LogP contribution < -0.4 is 5.32 Å². The minimum atomic E-state index is -0.621. The van der Waals surface area contributed by atoms with Gasteiger partial charge in [-0.25, -0.2) is 0 Å². The first-order valence-corrected chi connectivity index (χ1v) is 6.09. The zero-order valence-corrected chi connectivity index (χ0v) is 10.4. The predicted molar refractivity (Wildman–Crippen MR) is 70.7 cm³/mol. The number of alkyl halides is 1. The molecule has 0 radical (unpaired) electrons. The second-order valence-corrected chi connectivity index (χ2v) is 4.16. The van der Waals surface area contributed by atoms with E-state index >= 15 is 0 Å². The summed E-state index contributed by atoms with van der Waals surface area (Å²) >= 11 is 6.05. The maximum atomic E-state index is 11.7. The van der Waals surface area contributed by atoms with Crippen molar-refractivity contribution in [2.24, 2.45) is 0 Å². The summed E-state index contributed by atoms with van der Waals surface area (Å²) in [5, 5.41) is 2.18. The highest BCUT2D eigenvalue weighted by Crippen LogP contribution is 2.19. The van der Waals surface area contributed by atoms with E-state index in [0.717, 1.165) is 24.8 Å². The van der Waals surface area contributed by atoms with Crippen LogP contribution in [0.3, 0.4) is 0 Å². The van der Waals surface area contributed by atoms with Crippen LogP contribution in [0.25, 0.3) is 0 Å². The van der Waals surface area contributed by atoms with Crippen molar-refractivity contribution in [1.82, 2.24) is 5.32 Å². The molecule has 1 amide bonds. The molecule has 3 heteroatoms. The number of amides is 1. The Morgan fingerprint density at radius 2 is 2.06 bits per heavy atom. The number of benzene rings is 1. The van der Waals surface area contributed by atoms with Crippen LogP contribution in [0.4, 0.5) is 0 Å². The quantitative estimate of drug-likeness (QED) is 0.469. The van der Waals surface area contributed by atoms with E-state index < -0.39 is 5.38 Å². The van der Waals surface area contributed by atoms with Gasteiger partial charge in [0.15, 0.2) is 0 Å². The summed E-state index contributed by atoms with van der Waals surface area (Å²) in [6.07, 6.45) is 7.69. The van der Waals surface area contributed by atoms with Crippen molar-refractivity contribution < 1.29 is 4.79 Å². The van der Waals surface area contributed by atoms with Crippen LogP contribution in [0.15, 0.2) is 30.3 Å². The van der Waals surface area contributed by atoms with Crippen LogP contribution in [-0.2, 0) is 4.79 Å². The highest BCUT2D eigenvalue weighted by Gasteiger charge is 2.16. The van der Waals surface area contributed by atoms with Gasteiger partial charge in [-0.2, -0.15) is 0 Å². The topological polar surface area (TPSA) is 29.1 Å². The molecule has 1 aromatic rings. The van der Waals surface area contributed by atoms with Crippen LogP contribution in [0.1, 0.15) is 30.2 Å². The van der Waals surface area contributed by atoms with Gasteiger partial charge in [0, 0.05) is 13.0 Å². The van der Waals surface area contributed by atoms with Gasteiger partial charge in [-0.15, -0.1) is 23.9 Å². The molecule has 1 rings (SSSR count). The zero-order chi connectivity index (χ0) is 12.5. The molecule has 0 aliphatic carbocycles. The summed E-state index contributed by atoms with van der Waals surface area (Å²) in [4.78, 5) is 11.7. The molecule has 2 nitrogen and oxygen atoms in total. The number of halogens is 1. The lowest BCUT2D eigenvalue weighted by Gasteiger charge is -2.10. The van der Waals surface area contributed by atoms with Gasteiger partial charge in [-0.3, -0.25) is 4.79 Å². The number of hydrogen-bond donors (Lipinski definition) is 1. The molecule has 0 saturated heterocycles. The highest BCUT2D eigenvalue weighted by molar-refractivity contribution is 6.30. The molecule has 0 spiro atoms. The van der Waals surface area contributed by atoms with Crippen LogP contribution in [0, 0.1) is 12.3 Å². The molecule has 0 aliphatic heterocycles. The first kappa shape index (κ1) is 13.6. The van der Waals surface area contributed by atoms with Crippen molar-refractivity contribution in [3.05, 3.63) is 35.9 Å². The second-order valence-electron chi connectivity index (χ2n) is 3.73. The Morgan fingerprint density at radius 1 is 1.35 bits per heavy atom. The molecule has 1 atom stereocenters. The Labute approximate surface area is 107 Å². The molecule has 0 aromatic heterocycles. The molecule has 1 aromatic carbocycles. The molecule has 90 valence electrons. The van der Waals surface area contributed by atoms with E-state index in [0.29, 0.717) is 6.54 Å². The van der Waals surface area contributed by atoms with E-state index in [1.54, 1.807) is 0 Å². The summed E-state index contributed by atoms with van der Waals surface area (Å²) in [5.41, 5.74) is 0.815.